The van der Waals surface area contributed by atoms with Crippen molar-refractivity contribution in [1.29, 1.82) is 0 Å². The van der Waals surface area contributed by atoms with Crippen LogP contribution in [0.15, 0.2) is 36.0 Å². The topological polar surface area (TPSA) is 66.8 Å². The monoisotopic (exact) mass is 262 g/mol. The number of fused-ring (bicyclic) bond motifs is 3. The third kappa shape index (κ3) is 1.63. The first-order valence-electron chi connectivity index (χ1n) is 6.53. The Morgan fingerprint density at radius 3 is 2.63 bits per heavy atom. The maximum absolute atomic E-state index is 11.7. The molecule has 2 fully saturated rings. The molecule has 4 heteroatoms. The molecule has 102 valence electrons. The molecule has 1 heterocycles. The second-order valence-corrected chi connectivity index (χ2v) is 5.80. The van der Waals surface area contributed by atoms with Crippen LogP contribution in [0.3, 0.4) is 0 Å². The molecule has 2 aliphatic carbocycles. The van der Waals surface area contributed by atoms with E-state index in [2.05, 4.69) is 13.2 Å². The average Bonchev–Trinajstić information content (AvgIpc) is 2.72. The van der Waals surface area contributed by atoms with E-state index in [0.717, 1.165) is 11.1 Å². The number of hydrogen-bond donors (Lipinski definition) is 2. The number of aliphatic hydroxyl groups is 2. The van der Waals surface area contributed by atoms with Gasteiger partial charge in [-0.15, -0.1) is 0 Å². The summed E-state index contributed by atoms with van der Waals surface area (Å²) >= 11 is 0. The van der Waals surface area contributed by atoms with Crippen LogP contribution in [0.4, 0.5) is 0 Å². The van der Waals surface area contributed by atoms with Crippen LogP contribution in [0.2, 0.25) is 0 Å². The van der Waals surface area contributed by atoms with Gasteiger partial charge in [0.1, 0.15) is 6.10 Å². The summed E-state index contributed by atoms with van der Waals surface area (Å²) in [6.07, 6.45) is 0.395. The highest BCUT2D eigenvalue weighted by atomic mass is 16.6. The Labute approximate surface area is 112 Å². The van der Waals surface area contributed by atoms with E-state index in [1.807, 2.05) is 6.92 Å². The summed E-state index contributed by atoms with van der Waals surface area (Å²) in [5.41, 5.74) is 2.14. The highest BCUT2D eigenvalue weighted by Crippen LogP contribution is 2.50. The second kappa shape index (κ2) is 4.05. The third-order valence-corrected chi connectivity index (χ3v) is 4.69. The molecule has 6 atom stereocenters. The van der Waals surface area contributed by atoms with Gasteiger partial charge in [0.05, 0.1) is 18.1 Å². The van der Waals surface area contributed by atoms with Gasteiger partial charge in [0, 0.05) is 17.4 Å². The van der Waals surface area contributed by atoms with Crippen LogP contribution >= 0.6 is 0 Å². The van der Waals surface area contributed by atoms with Crippen LogP contribution in [0.25, 0.3) is 0 Å². The fourth-order valence-electron chi connectivity index (χ4n) is 3.83. The Balaban J connectivity index is 2.07. The molecule has 3 rings (SSSR count). The average molecular weight is 262 g/mol. The molecule has 0 aromatic carbocycles. The molecule has 0 aromatic heterocycles. The van der Waals surface area contributed by atoms with Crippen molar-refractivity contribution in [2.75, 3.05) is 0 Å². The molecular formula is C15H18O4. The standard InChI is InChI=1S/C15H18O4/c1-6-4-10(17)13-8(3)15(18)19-14(13)12-7(2)5-9(16)11(6)12/h5,9-14,16-17H,1,3-4H2,2H3/t9-,10-,11-,12+,13-,14+/m1/s1. The molecule has 19 heavy (non-hydrogen) atoms. The first-order valence-corrected chi connectivity index (χ1v) is 6.53. The number of rotatable bonds is 0. The Morgan fingerprint density at radius 2 is 1.95 bits per heavy atom. The van der Waals surface area contributed by atoms with E-state index in [9.17, 15) is 15.0 Å². The first kappa shape index (κ1) is 12.6. The number of carbonyl (C=O) groups is 1. The summed E-state index contributed by atoms with van der Waals surface area (Å²) in [5, 5.41) is 20.4. The molecule has 0 bridgehead atoms. The van der Waals surface area contributed by atoms with Crippen molar-refractivity contribution in [3.63, 3.8) is 0 Å². The van der Waals surface area contributed by atoms with Crippen molar-refractivity contribution in [2.45, 2.75) is 31.7 Å². The van der Waals surface area contributed by atoms with Gasteiger partial charge >= 0.3 is 5.97 Å². The molecule has 0 amide bonds. The van der Waals surface area contributed by atoms with E-state index >= 15 is 0 Å². The smallest absolute Gasteiger partial charge is 0.334 e. The van der Waals surface area contributed by atoms with Crippen molar-refractivity contribution in [1.82, 2.24) is 0 Å². The summed E-state index contributed by atoms with van der Waals surface area (Å²) in [6, 6.07) is 0. The summed E-state index contributed by atoms with van der Waals surface area (Å²) in [4.78, 5) is 11.7. The molecular weight excluding hydrogens is 244 g/mol. The van der Waals surface area contributed by atoms with E-state index < -0.39 is 30.2 Å². The van der Waals surface area contributed by atoms with Gasteiger partial charge in [-0.1, -0.05) is 30.4 Å². The van der Waals surface area contributed by atoms with Crippen LogP contribution in [0.5, 0.6) is 0 Å². The van der Waals surface area contributed by atoms with Gasteiger partial charge in [0.15, 0.2) is 0 Å². The lowest BCUT2D eigenvalue weighted by Crippen LogP contribution is -2.35. The number of ether oxygens (including phenoxy) is 1. The second-order valence-electron chi connectivity index (χ2n) is 5.80. The quantitative estimate of drug-likeness (QED) is 0.387. The summed E-state index contributed by atoms with van der Waals surface area (Å²) in [7, 11) is 0. The SMILES string of the molecule is C=C1C[C@@H](O)[C@H]2C(=C)C(=O)O[C@H]2[C@H]2C(C)=C[C@@H](O)[C@@H]12. The molecule has 3 aliphatic rings. The minimum absolute atomic E-state index is 0.104. The van der Waals surface area contributed by atoms with E-state index in [1.54, 1.807) is 6.08 Å². The van der Waals surface area contributed by atoms with E-state index in [0.29, 0.717) is 12.0 Å². The molecule has 1 saturated heterocycles. The van der Waals surface area contributed by atoms with Gasteiger partial charge in [-0.25, -0.2) is 4.79 Å². The summed E-state index contributed by atoms with van der Waals surface area (Å²) in [6.45, 7) is 9.67. The number of carbonyl (C=O) groups excluding carboxylic acids is 1. The van der Waals surface area contributed by atoms with Crippen LogP contribution in [0, 0.1) is 17.8 Å². The predicted molar refractivity (Wildman–Crippen MR) is 69.0 cm³/mol. The fourth-order valence-corrected chi connectivity index (χ4v) is 3.83. The molecule has 0 spiro atoms. The van der Waals surface area contributed by atoms with E-state index in [4.69, 9.17) is 4.74 Å². The van der Waals surface area contributed by atoms with Crippen molar-refractivity contribution < 1.29 is 19.7 Å². The summed E-state index contributed by atoms with van der Waals surface area (Å²) < 4.78 is 5.42. The van der Waals surface area contributed by atoms with Gasteiger partial charge in [-0.05, 0) is 13.3 Å². The minimum atomic E-state index is -0.720. The Bertz CT molecular complexity index is 504. The lowest BCUT2D eigenvalue weighted by molar-refractivity contribution is -0.141. The lowest BCUT2D eigenvalue weighted by atomic mass is 9.79. The molecule has 1 saturated carbocycles. The van der Waals surface area contributed by atoms with Gasteiger partial charge in [-0.3, -0.25) is 0 Å². The normalized spacial score (nSPS) is 45.4. The largest absolute Gasteiger partial charge is 0.458 e. The molecule has 4 nitrogen and oxygen atoms in total. The predicted octanol–water partition coefficient (Wildman–Crippen LogP) is 0.958. The van der Waals surface area contributed by atoms with E-state index in [1.165, 1.54) is 0 Å². The molecule has 0 aromatic rings. The third-order valence-electron chi connectivity index (χ3n) is 4.69. The summed E-state index contributed by atoms with van der Waals surface area (Å²) in [5.74, 6) is -1.11. The van der Waals surface area contributed by atoms with Crippen LogP contribution < -0.4 is 0 Å². The zero-order valence-electron chi connectivity index (χ0n) is 10.9. The molecule has 0 unspecified atom stereocenters. The van der Waals surface area contributed by atoms with Crippen LogP contribution in [-0.2, 0) is 9.53 Å². The van der Waals surface area contributed by atoms with Gasteiger partial charge in [-0.2, -0.15) is 0 Å². The molecule has 2 N–H and O–H groups in total. The molecule has 1 aliphatic heterocycles. The Hall–Kier alpha value is -1.39. The van der Waals surface area contributed by atoms with Crippen molar-refractivity contribution in [3.05, 3.63) is 36.0 Å². The Morgan fingerprint density at radius 1 is 1.26 bits per heavy atom. The van der Waals surface area contributed by atoms with Gasteiger partial charge in [0.2, 0.25) is 0 Å². The number of aliphatic hydroxyl groups excluding tert-OH is 2. The Kier molecular flexibility index (Phi) is 2.69. The van der Waals surface area contributed by atoms with E-state index in [-0.39, 0.29) is 11.8 Å². The highest BCUT2D eigenvalue weighted by Gasteiger charge is 2.54. The minimum Gasteiger partial charge on any atom is -0.458 e. The van der Waals surface area contributed by atoms with Crippen LogP contribution in [-0.4, -0.2) is 34.5 Å². The first-order chi connectivity index (χ1) is 8.91. The zero-order chi connectivity index (χ0) is 13.9. The van der Waals surface area contributed by atoms with Crippen molar-refractivity contribution >= 4 is 5.97 Å². The van der Waals surface area contributed by atoms with Gasteiger partial charge < -0.3 is 14.9 Å². The van der Waals surface area contributed by atoms with Crippen molar-refractivity contribution in [2.24, 2.45) is 17.8 Å². The fraction of sp³-hybridized carbons (Fsp3) is 0.533. The van der Waals surface area contributed by atoms with Crippen LogP contribution in [0.1, 0.15) is 13.3 Å². The molecule has 0 radical (unpaired) electrons. The highest BCUT2D eigenvalue weighted by molar-refractivity contribution is 5.91. The number of esters is 1. The zero-order valence-corrected chi connectivity index (χ0v) is 10.9. The lowest BCUT2D eigenvalue weighted by Gasteiger charge is -2.28. The maximum Gasteiger partial charge on any atom is 0.334 e. The number of hydrogen-bond acceptors (Lipinski definition) is 4. The maximum atomic E-state index is 11.7. The van der Waals surface area contributed by atoms with Gasteiger partial charge in [0.25, 0.3) is 0 Å². The van der Waals surface area contributed by atoms with Crippen molar-refractivity contribution in [3.8, 4) is 0 Å².